The Morgan fingerprint density at radius 1 is 0.930 bits per heavy atom. The van der Waals surface area contributed by atoms with E-state index in [1.54, 1.807) is 41.9 Å². The molecular weight excluding hydrogens is 727 g/mol. The van der Waals surface area contributed by atoms with Gasteiger partial charge in [-0.15, -0.1) is 0 Å². The van der Waals surface area contributed by atoms with Crippen LogP contribution < -0.4 is 10.6 Å². The summed E-state index contributed by atoms with van der Waals surface area (Å²) in [5, 5.41) is 5.74. The molecule has 8 atom stereocenters. The molecule has 2 fully saturated rings. The van der Waals surface area contributed by atoms with Gasteiger partial charge < -0.3 is 24.4 Å². The zero-order valence-electron chi connectivity index (χ0n) is 36.8. The Kier molecular flexibility index (Phi) is 18.0. The van der Waals surface area contributed by atoms with Crippen LogP contribution in [0.1, 0.15) is 107 Å². The zero-order chi connectivity index (χ0) is 42.7. The molecule has 3 rings (SSSR count). The monoisotopic (exact) mass is 800 g/mol. The SMILES string of the molecule is CC[C@H](C)[C@@H]([C@@H](CC(=O)N1CCC[C@H]1[C@H](OC)[C@@H](C)C(=O)NCCC1C=CC=CC=C1)OC)N(C)[C@H](C(=O)NC(=O)[C@]1(C)CCCN1C(=O)OC(C)(C)C)C(C)C. The Morgan fingerprint density at radius 3 is 2.14 bits per heavy atom. The van der Waals surface area contributed by atoms with Crippen LogP contribution in [0, 0.1) is 23.7 Å². The first-order chi connectivity index (χ1) is 26.8. The lowest BCUT2D eigenvalue weighted by molar-refractivity contribution is -0.144. The molecule has 2 saturated heterocycles. The van der Waals surface area contributed by atoms with Crippen LogP contribution in [0.25, 0.3) is 0 Å². The molecule has 2 aliphatic heterocycles. The van der Waals surface area contributed by atoms with E-state index in [1.807, 2.05) is 61.9 Å². The van der Waals surface area contributed by atoms with Crippen molar-refractivity contribution >= 4 is 29.7 Å². The lowest BCUT2D eigenvalue weighted by Gasteiger charge is -2.43. The number of carbonyl (C=O) groups excluding carboxylic acids is 5. The maximum atomic E-state index is 14.3. The van der Waals surface area contributed by atoms with Crippen LogP contribution in [-0.4, -0.2) is 127 Å². The number of hydrogen-bond donors (Lipinski definition) is 2. The number of likely N-dealkylation sites (N-methyl/N-ethyl adjacent to an activating group) is 1. The van der Waals surface area contributed by atoms with Gasteiger partial charge in [0.05, 0.1) is 36.6 Å². The first-order valence-electron chi connectivity index (χ1n) is 21.0. The predicted molar refractivity (Wildman–Crippen MR) is 222 cm³/mol. The van der Waals surface area contributed by atoms with E-state index in [1.165, 1.54) is 4.90 Å². The van der Waals surface area contributed by atoms with Crippen molar-refractivity contribution in [3.63, 3.8) is 0 Å². The van der Waals surface area contributed by atoms with Gasteiger partial charge in [0.25, 0.3) is 5.91 Å². The Morgan fingerprint density at radius 2 is 1.58 bits per heavy atom. The van der Waals surface area contributed by atoms with Gasteiger partial charge in [-0.3, -0.25) is 34.3 Å². The summed E-state index contributed by atoms with van der Waals surface area (Å²) in [4.78, 5) is 74.0. The standard InChI is InChI=1S/C44H73N5O8/c1-13-30(4)37(47(10)36(29(2)3)40(52)46-41(53)44(9)24-19-27-49(44)42(54)57-43(6,7)8)34(55-11)28-35(50)48-26-18-22-33(48)38(56-12)31(5)39(51)45-25-23-32-20-16-14-15-17-21-32/h14-17,20-21,29-34,36-38H,13,18-19,22-28H2,1-12H3,(H,45,51)(H,46,52,53)/t30-,31+,33-,34+,36-,37-,38+,44-/m0/s1. The summed E-state index contributed by atoms with van der Waals surface area (Å²) in [6, 6.07) is -1.39. The third-order valence-corrected chi connectivity index (χ3v) is 12.1. The van der Waals surface area contributed by atoms with E-state index in [0.29, 0.717) is 38.9 Å². The van der Waals surface area contributed by atoms with Gasteiger partial charge in [-0.2, -0.15) is 0 Å². The molecule has 2 N–H and O–H groups in total. The number of ether oxygens (including phenoxy) is 3. The van der Waals surface area contributed by atoms with Crippen LogP contribution in [0.4, 0.5) is 4.79 Å². The van der Waals surface area contributed by atoms with Gasteiger partial charge in [0.15, 0.2) is 0 Å². The Bertz CT molecular complexity index is 1460. The molecule has 0 aromatic carbocycles. The van der Waals surface area contributed by atoms with E-state index in [9.17, 15) is 24.0 Å². The lowest BCUT2D eigenvalue weighted by Crippen LogP contribution is -2.62. The molecule has 13 heteroatoms. The van der Waals surface area contributed by atoms with Gasteiger partial charge >= 0.3 is 6.09 Å². The van der Waals surface area contributed by atoms with Crippen molar-refractivity contribution < 1.29 is 38.2 Å². The minimum Gasteiger partial charge on any atom is -0.444 e. The fraction of sp³-hybridized carbons (Fsp3) is 0.750. The second kappa shape index (κ2) is 21.5. The Labute approximate surface area is 342 Å². The number of amides is 5. The van der Waals surface area contributed by atoms with Crippen molar-refractivity contribution in [2.24, 2.45) is 23.7 Å². The summed E-state index contributed by atoms with van der Waals surface area (Å²) in [5.74, 6) is -1.66. The number of carbonyl (C=O) groups is 5. The van der Waals surface area contributed by atoms with Crippen molar-refractivity contribution in [3.8, 4) is 0 Å². The average molecular weight is 800 g/mol. The summed E-state index contributed by atoms with van der Waals surface area (Å²) in [5.41, 5.74) is -1.98. The normalized spacial score (nSPS) is 23.2. The summed E-state index contributed by atoms with van der Waals surface area (Å²) in [6.45, 7) is 18.3. The van der Waals surface area contributed by atoms with Crippen LogP contribution in [0.2, 0.25) is 0 Å². The number of hydrogen-bond acceptors (Lipinski definition) is 9. The van der Waals surface area contributed by atoms with Crippen molar-refractivity contribution in [1.29, 1.82) is 0 Å². The van der Waals surface area contributed by atoms with E-state index in [-0.39, 0.29) is 48.1 Å². The molecule has 0 aromatic rings. The highest BCUT2D eigenvalue weighted by molar-refractivity contribution is 6.03. The van der Waals surface area contributed by atoms with E-state index >= 15 is 0 Å². The Balaban J connectivity index is 1.74. The number of methoxy groups -OCH3 is 2. The highest BCUT2D eigenvalue weighted by atomic mass is 16.6. The van der Waals surface area contributed by atoms with Gasteiger partial charge in [0.1, 0.15) is 11.1 Å². The molecule has 13 nitrogen and oxygen atoms in total. The molecule has 0 unspecified atom stereocenters. The predicted octanol–water partition coefficient (Wildman–Crippen LogP) is 5.64. The summed E-state index contributed by atoms with van der Waals surface area (Å²) in [6.07, 6.45) is 14.7. The second-order valence-corrected chi connectivity index (χ2v) is 17.7. The highest BCUT2D eigenvalue weighted by Crippen LogP contribution is 2.33. The fourth-order valence-corrected chi connectivity index (χ4v) is 8.79. The van der Waals surface area contributed by atoms with E-state index < -0.39 is 53.2 Å². The van der Waals surface area contributed by atoms with Gasteiger partial charge in [-0.05, 0) is 84.6 Å². The minimum absolute atomic E-state index is 0.0116. The quantitative estimate of drug-likeness (QED) is 0.180. The van der Waals surface area contributed by atoms with Crippen LogP contribution in [0.3, 0.4) is 0 Å². The molecule has 0 aromatic heterocycles. The zero-order valence-corrected chi connectivity index (χ0v) is 36.8. The largest absolute Gasteiger partial charge is 0.444 e. The van der Waals surface area contributed by atoms with Crippen molar-refractivity contribution in [2.45, 2.75) is 149 Å². The van der Waals surface area contributed by atoms with E-state index in [4.69, 9.17) is 14.2 Å². The molecule has 2 heterocycles. The fourth-order valence-electron chi connectivity index (χ4n) is 8.79. The van der Waals surface area contributed by atoms with E-state index in [0.717, 1.165) is 19.3 Å². The molecule has 57 heavy (non-hydrogen) atoms. The van der Waals surface area contributed by atoms with Crippen LogP contribution >= 0.6 is 0 Å². The first-order valence-corrected chi connectivity index (χ1v) is 21.0. The van der Waals surface area contributed by atoms with Gasteiger partial charge in [0.2, 0.25) is 17.7 Å². The molecule has 0 bridgehead atoms. The van der Waals surface area contributed by atoms with Crippen molar-refractivity contribution in [3.05, 3.63) is 36.5 Å². The van der Waals surface area contributed by atoms with Crippen LogP contribution in [0.5, 0.6) is 0 Å². The van der Waals surface area contributed by atoms with Crippen molar-refractivity contribution in [1.82, 2.24) is 25.3 Å². The number of likely N-dealkylation sites (tertiary alicyclic amines) is 2. The van der Waals surface area contributed by atoms with Crippen molar-refractivity contribution in [2.75, 3.05) is 40.9 Å². The Hall–Kier alpha value is -3.55. The number of allylic oxidation sites excluding steroid dienone is 6. The molecular formula is C44H73N5O8. The van der Waals surface area contributed by atoms with E-state index in [2.05, 4.69) is 36.6 Å². The highest BCUT2D eigenvalue weighted by Gasteiger charge is 2.49. The average Bonchev–Trinajstić information content (AvgIpc) is 3.70. The molecule has 0 saturated carbocycles. The third-order valence-electron chi connectivity index (χ3n) is 12.1. The number of imide groups is 1. The van der Waals surface area contributed by atoms with Gasteiger partial charge in [0, 0.05) is 39.9 Å². The molecule has 5 amide bonds. The number of nitrogens with zero attached hydrogens (tertiary/aromatic N) is 3. The molecule has 322 valence electrons. The molecule has 0 spiro atoms. The maximum Gasteiger partial charge on any atom is 0.411 e. The smallest absolute Gasteiger partial charge is 0.411 e. The maximum absolute atomic E-state index is 14.3. The van der Waals surface area contributed by atoms with Gasteiger partial charge in [-0.25, -0.2) is 4.79 Å². The minimum atomic E-state index is -1.25. The van der Waals surface area contributed by atoms with Gasteiger partial charge in [-0.1, -0.05) is 77.5 Å². The molecule has 1 aliphatic carbocycles. The summed E-state index contributed by atoms with van der Waals surface area (Å²) >= 11 is 0. The number of rotatable bonds is 18. The summed E-state index contributed by atoms with van der Waals surface area (Å²) in [7, 11) is 5.04. The molecule has 0 radical (unpaired) electrons. The lowest BCUT2D eigenvalue weighted by atomic mass is 9.87. The second-order valence-electron chi connectivity index (χ2n) is 17.7. The molecule has 3 aliphatic rings. The van der Waals surface area contributed by atoms with Crippen LogP contribution in [0.15, 0.2) is 36.5 Å². The topological polar surface area (TPSA) is 147 Å². The third kappa shape index (κ3) is 12.5. The summed E-state index contributed by atoms with van der Waals surface area (Å²) < 4.78 is 17.7. The first kappa shape index (κ1) is 47.8. The number of nitrogens with one attached hydrogen (secondary N) is 2. The van der Waals surface area contributed by atoms with Crippen LogP contribution in [-0.2, 0) is 33.4 Å².